The average molecular weight is 346 g/mol. The van der Waals surface area contributed by atoms with Crippen LogP contribution in [0.2, 0.25) is 0 Å². The molecule has 0 aliphatic heterocycles. The number of pyridine rings is 1. The van der Waals surface area contributed by atoms with Crippen molar-refractivity contribution in [2.75, 3.05) is 7.11 Å². The lowest BCUT2D eigenvalue weighted by Crippen LogP contribution is -1.90. The summed E-state index contributed by atoms with van der Waals surface area (Å²) in [7, 11) is 1.66. The van der Waals surface area contributed by atoms with E-state index in [0.717, 1.165) is 38.7 Å². The van der Waals surface area contributed by atoms with E-state index in [0.29, 0.717) is 5.03 Å². The van der Waals surface area contributed by atoms with Gasteiger partial charge in [-0.2, -0.15) is 0 Å². The summed E-state index contributed by atoms with van der Waals surface area (Å²) in [5, 5.41) is 3.96. The van der Waals surface area contributed by atoms with Gasteiger partial charge in [0.15, 0.2) is 0 Å². The van der Waals surface area contributed by atoms with Gasteiger partial charge in [0.2, 0.25) is 0 Å². The fourth-order valence-electron chi connectivity index (χ4n) is 3.00. The smallest absolute Gasteiger partial charge is 0.118 e. The SMILES string of the molecule is COc1ccc(/C=C(\Cl)c2nc3ccccc3c3ccccc23)cc1. The zero-order valence-corrected chi connectivity index (χ0v) is 14.5. The summed E-state index contributed by atoms with van der Waals surface area (Å²) in [5.41, 5.74) is 2.74. The highest BCUT2D eigenvalue weighted by Gasteiger charge is 2.10. The zero-order chi connectivity index (χ0) is 17.2. The summed E-state index contributed by atoms with van der Waals surface area (Å²) in [6.45, 7) is 0. The van der Waals surface area contributed by atoms with Crippen molar-refractivity contribution in [1.82, 2.24) is 4.98 Å². The minimum Gasteiger partial charge on any atom is -0.497 e. The lowest BCUT2D eigenvalue weighted by atomic mass is 10.0. The van der Waals surface area contributed by atoms with Crippen LogP contribution in [0.3, 0.4) is 0 Å². The van der Waals surface area contributed by atoms with Crippen molar-refractivity contribution in [1.29, 1.82) is 0 Å². The molecular weight excluding hydrogens is 330 g/mol. The van der Waals surface area contributed by atoms with E-state index in [1.807, 2.05) is 60.7 Å². The van der Waals surface area contributed by atoms with Crippen LogP contribution in [0, 0.1) is 0 Å². The second-order valence-corrected chi connectivity index (χ2v) is 6.20. The number of hydrogen-bond donors (Lipinski definition) is 0. The Bertz CT molecular complexity index is 1080. The molecule has 0 N–H and O–H groups in total. The fraction of sp³-hybridized carbons (Fsp3) is 0.0455. The van der Waals surface area contributed by atoms with Crippen LogP contribution in [0.4, 0.5) is 0 Å². The van der Waals surface area contributed by atoms with E-state index in [2.05, 4.69) is 18.2 Å². The van der Waals surface area contributed by atoms with Crippen molar-refractivity contribution >= 4 is 44.4 Å². The first-order valence-corrected chi connectivity index (χ1v) is 8.43. The predicted octanol–water partition coefficient (Wildman–Crippen LogP) is 6.13. The van der Waals surface area contributed by atoms with Gasteiger partial charge in [-0.1, -0.05) is 66.2 Å². The van der Waals surface area contributed by atoms with Crippen LogP contribution < -0.4 is 4.74 Å². The molecule has 1 aromatic heterocycles. The van der Waals surface area contributed by atoms with Gasteiger partial charge in [0, 0.05) is 10.8 Å². The van der Waals surface area contributed by atoms with Crippen LogP contribution in [-0.4, -0.2) is 12.1 Å². The zero-order valence-electron chi connectivity index (χ0n) is 13.7. The summed E-state index contributed by atoms with van der Waals surface area (Å²) in [6.07, 6.45) is 1.94. The molecule has 25 heavy (non-hydrogen) atoms. The van der Waals surface area contributed by atoms with Gasteiger partial charge in [0.05, 0.1) is 23.4 Å². The number of nitrogens with zero attached hydrogens (tertiary/aromatic N) is 1. The van der Waals surface area contributed by atoms with Crippen molar-refractivity contribution in [2.45, 2.75) is 0 Å². The summed E-state index contributed by atoms with van der Waals surface area (Å²) >= 11 is 6.66. The Hall–Kier alpha value is -2.84. The number of methoxy groups -OCH3 is 1. The highest BCUT2D eigenvalue weighted by atomic mass is 35.5. The largest absolute Gasteiger partial charge is 0.497 e. The van der Waals surface area contributed by atoms with Crippen LogP contribution in [0.25, 0.3) is 32.8 Å². The van der Waals surface area contributed by atoms with Crippen LogP contribution in [0.1, 0.15) is 11.3 Å². The Morgan fingerprint density at radius 2 is 1.48 bits per heavy atom. The Balaban J connectivity index is 1.90. The van der Waals surface area contributed by atoms with Crippen molar-refractivity contribution in [3.8, 4) is 5.75 Å². The molecule has 0 aliphatic rings. The van der Waals surface area contributed by atoms with Crippen molar-refractivity contribution < 1.29 is 4.74 Å². The maximum atomic E-state index is 6.66. The predicted molar refractivity (Wildman–Crippen MR) is 106 cm³/mol. The normalized spacial score (nSPS) is 11.8. The standard InChI is InChI=1S/C22H16ClNO/c1-25-16-12-10-15(11-13-16)14-20(23)22-19-8-3-2-6-17(19)18-7-4-5-9-21(18)24-22/h2-14H,1H3/b20-14-. The Morgan fingerprint density at radius 3 is 2.20 bits per heavy atom. The molecule has 0 bridgehead atoms. The third-order valence-corrected chi connectivity index (χ3v) is 4.53. The van der Waals surface area contributed by atoms with Crippen LogP contribution in [-0.2, 0) is 0 Å². The number of aromatic nitrogens is 1. The Kier molecular flexibility index (Phi) is 4.12. The van der Waals surface area contributed by atoms with Gasteiger partial charge in [-0.25, -0.2) is 4.98 Å². The quantitative estimate of drug-likeness (QED) is 0.416. The molecule has 0 saturated carbocycles. The number of benzene rings is 3. The second kappa shape index (κ2) is 6.58. The summed E-state index contributed by atoms with van der Waals surface area (Å²) < 4.78 is 5.20. The highest BCUT2D eigenvalue weighted by molar-refractivity contribution is 6.52. The van der Waals surface area contributed by atoms with Gasteiger partial charge in [-0.3, -0.25) is 0 Å². The lowest BCUT2D eigenvalue weighted by Gasteiger charge is -2.09. The van der Waals surface area contributed by atoms with Crippen molar-refractivity contribution in [2.24, 2.45) is 0 Å². The highest BCUT2D eigenvalue weighted by Crippen LogP contribution is 2.32. The molecule has 3 aromatic carbocycles. The number of hydrogen-bond acceptors (Lipinski definition) is 2. The van der Waals surface area contributed by atoms with E-state index in [-0.39, 0.29) is 0 Å². The van der Waals surface area contributed by atoms with E-state index in [4.69, 9.17) is 21.3 Å². The minimum atomic E-state index is 0.618. The maximum absolute atomic E-state index is 6.66. The third-order valence-electron chi connectivity index (χ3n) is 4.24. The molecule has 0 saturated heterocycles. The molecule has 122 valence electrons. The first-order valence-electron chi connectivity index (χ1n) is 8.05. The molecular formula is C22H16ClNO. The van der Waals surface area contributed by atoms with Crippen molar-refractivity contribution in [3.63, 3.8) is 0 Å². The summed E-state index contributed by atoms with van der Waals surface area (Å²) in [5.74, 6) is 0.822. The molecule has 0 radical (unpaired) electrons. The van der Waals surface area contributed by atoms with E-state index in [1.165, 1.54) is 0 Å². The van der Waals surface area contributed by atoms with Crippen LogP contribution >= 0.6 is 11.6 Å². The first kappa shape index (κ1) is 15.7. The molecule has 3 heteroatoms. The molecule has 0 spiro atoms. The summed E-state index contributed by atoms with van der Waals surface area (Å²) in [6, 6.07) is 24.2. The van der Waals surface area contributed by atoms with E-state index < -0.39 is 0 Å². The first-order chi connectivity index (χ1) is 12.3. The third kappa shape index (κ3) is 2.97. The van der Waals surface area contributed by atoms with Crippen LogP contribution in [0.5, 0.6) is 5.75 Å². The van der Waals surface area contributed by atoms with E-state index in [1.54, 1.807) is 7.11 Å². The van der Waals surface area contributed by atoms with E-state index >= 15 is 0 Å². The van der Waals surface area contributed by atoms with Gasteiger partial charge in [-0.15, -0.1) is 0 Å². The number of para-hydroxylation sites is 1. The lowest BCUT2D eigenvalue weighted by molar-refractivity contribution is 0.415. The summed E-state index contributed by atoms with van der Waals surface area (Å²) in [4.78, 5) is 4.81. The van der Waals surface area contributed by atoms with Gasteiger partial charge in [-0.05, 0) is 35.2 Å². The molecule has 2 nitrogen and oxygen atoms in total. The number of fused-ring (bicyclic) bond motifs is 3. The average Bonchev–Trinajstić information content (AvgIpc) is 2.68. The van der Waals surface area contributed by atoms with Crippen molar-refractivity contribution in [3.05, 3.63) is 84.1 Å². The molecule has 1 heterocycles. The second-order valence-electron chi connectivity index (χ2n) is 5.79. The monoisotopic (exact) mass is 345 g/mol. The minimum absolute atomic E-state index is 0.618. The van der Waals surface area contributed by atoms with Gasteiger partial charge in [0.25, 0.3) is 0 Å². The molecule has 4 aromatic rings. The van der Waals surface area contributed by atoms with Crippen LogP contribution in [0.15, 0.2) is 72.8 Å². The molecule has 0 unspecified atom stereocenters. The van der Waals surface area contributed by atoms with Gasteiger partial charge < -0.3 is 4.74 Å². The maximum Gasteiger partial charge on any atom is 0.118 e. The number of ether oxygens (including phenoxy) is 1. The Labute approximate surface area is 151 Å². The Morgan fingerprint density at radius 1 is 0.840 bits per heavy atom. The number of rotatable bonds is 3. The topological polar surface area (TPSA) is 22.1 Å². The molecule has 0 fully saturated rings. The molecule has 0 amide bonds. The van der Waals surface area contributed by atoms with E-state index in [9.17, 15) is 0 Å². The number of halogens is 1. The van der Waals surface area contributed by atoms with Gasteiger partial charge >= 0.3 is 0 Å². The molecule has 0 atom stereocenters. The van der Waals surface area contributed by atoms with Gasteiger partial charge in [0.1, 0.15) is 5.75 Å². The molecule has 0 aliphatic carbocycles. The molecule has 4 rings (SSSR count). The fourth-order valence-corrected chi connectivity index (χ4v) is 3.27.